The van der Waals surface area contributed by atoms with Gasteiger partial charge in [-0.3, -0.25) is 4.79 Å². The van der Waals surface area contributed by atoms with Crippen molar-refractivity contribution in [3.8, 4) is 5.75 Å². The molecule has 3 nitrogen and oxygen atoms in total. The van der Waals surface area contributed by atoms with Crippen molar-refractivity contribution in [2.24, 2.45) is 0 Å². The molecule has 0 N–H and O–H groups in total. The summed E-state index contributed by atoms with van der Waals surface area (Å²) in [5, 5.41) is 0. The van der Waals surface area contributed by atoms with Gasteiger partial charge in [0.05, 0.1) is 12.0 Å². The van der Waals surface area contributed by atoms with Gasteiger partial charge in [0.1, 0.15) is 5.75 Å². The second kappa shape index (κ2) is 7.12. The van der Waals surface area contributed by atoms with E-state index in [1.54, 1.807) is 0 Å². The van der Waals surface area contributed by atoms with Crippen molar-refractivity contribution >= 4 is 17.7 Å². The quantitative estimate of drug-likeness (QED) is 0.451. The van der Waals surface area contributed by atoms with Crippen LogP contribution in [0.4, 0.5) is 26.3 Å². The van der Waals surface area contributed by atoms with Crippen molar-refractivity contribution in [1.82, 2.24) is 0 Å². The number of rotatable bonds is 5. The number of hydrogen-bond acceptors (Lipinski definition) is 4. The monoisotopic (exact) mass is 348 g/mol. The molecule has 0 saturated carbocycles. The van der Waals surface area contributed by atoms with Crippen LogP contribution in [0, 0.1) is 0 Å². The molecule has 1 rings (SSSR count). The van der Waals surface area contributed by atoms with Crippen LogP contribution < -0.4 is 4.74 Å². The number of methoxy groups -OCH3 is 1. The Bertz CT molecular complexity index is 527. The first kappa shape index (κ1) is 18.5. The molecule has 124 valence electrons. The normalized spacial score (nSPS) is 12.1. The molecule has 0 amide bonds. The largest absolute Gasteiger partial charge is 0.573 e. The SMILES string of the molecule is COC(=O)CCc1cccc(OC(F)(F)F)c1SC(F)(F)F. The zero-order valence-corrected chi connectivity index (χ0v) is 11.9. The highest BCUT2D eigenvalue weighted by Gasteiger charge is 2.36. The second-order valence-electron chi connectivity index (χ2n) is 3.92. The van der Waals surface area contributed by atoms with Crippen molar-refractivity contribution in [2.45, 2.75) is 29.6 Å². The van der Waals surface area contributed by atoms with Gasteiger partial charge in [-0.05, 0) is 29.8 Å². The molecule has 0 unspecified atom stereocenters. The van der Waals surface area contributed by atoms with Crippen LogP contribution in [0.3, 0.4) is 0 Å². The van der Waals surface area contributed by atoms with E-state index in [1.165, 1.54) is 6.07 Å². The molecule has 0 saturated heterocycles. The smallest absolute Gasteiger partial charge is 0.469 e. The minimum atomic E-state index is -5.12. The number of thioether (sulfide) groups is 1. The zero-order chi connectivity index (χ0) is 17.0. The number of esters is 1. The lowest BCUT2D eigenvalue weighted by molar-refractivity contribution is -0.275. The molecule has 0 radical (unpaired) electrons. The Kier molecular flexibility index (Phi) is 5.98. The van der Waals surface area contributed by atoms with E-state index in [0.717, 1.165) is 19.2 Å². The lowest BCUT2D eigenvalue weighted by atomic mass is 10.1. The van der Waals surface area contributed by atoms with Gasteiger partial charge in [-0.1, -0.05) is 12.1 Å². The molecule has 0 aliphatic rings. The topological polar surface area (TPSA) is 35.5 Å². The van der Waals surface area contributed by atoms with Gasteiger partial charge in [0, 0.05) is 6.42 Å². The predicted molar refractivity (Wildman–Crippen MR) is 65.4 cm³/mol. The molecule has 0 aromatic heterocycles. The molecule has 0 heterocycles. The summed E-state index contributed by atoms with van der Waals surface area (Å²) >= 11 is -0.723. The fraction of sp³-hybridized carbons (Fsp3) is 0.417. The summed E-state index contributed by atoms with van der Waals surface area (Å²) in [5.74, 6) is -1.65. The van der Waals surface area contributed by atoms with Crippen molar-refractivity contribution in [2.75, 3.05) is 7.11 Å². The van der Waals surface area contributed by atoms with Gasteiger partial charge in [-0.25, -0.2) is 0 Å². The lowest BCUT2D eigenvalue weighted by Gasteiger charge is -2.17. The van der Waals surface area contributed by atoms with Gasteiger partial charge in [-0.2, -0.15) is 13.2 Å². The van der Waals surface area contributed by atoms with Crippen LogP contribution in [-0.4, -0.2) is 24.9 Å². The maximum Gasteiger partial charge on any atom is 0.573 e. The highest BCUT2D eigenvalue weighted by molar-refractivity contribution is 8.00. The number of carbonyl (C=O) groups excluding carboxylic acids is 1. The van der Waals surface area contributed by atoms with E-state index in [1.807, 2.05) is 0 Å². The summed E-state index contributed by atoms with van der Waals surface area (Å²) < 4.78 is 82.4. The Labute approximate surface area is 125 Å². The molecule has 10 heteroatoms. The number of hydrogen-bond donors (Lipinski definition) is 0. The number of aryl methyl sites for hydroxylation is 1. The highest BCUT2D eigenvalue weighted by atomic mass is 32.2. The molecule has 1 aromatic rings. The third kappa shape index (κ3) is 6.46. The van der Waals surface area contributed by atoms with E-state index in [2.05, 4.69) is 9.47 Å². The summed E-state index contributed by atoms with van der Waals surface area (Å²) in [6.07, 6.45) is -5.60. The van der Waals surface area contributed by atoms with Gasteiger partial charge in [-0.15, -0.1) is 13.2 Å². The van der Waals surface area contributed by atoms with Gasteiger partial charge in [0.15, 0.2) is 0 Å². The van der Waals surface area contributed by atoms with Crippen LogP contribution in [-0.2, 0) is 16.0 Å². The molecule has 0 atom stereocenters. The van der Waals surface area contributed by atoms with Crippen molar-refractivity contribution < 1.29 is 40.6 Å². The molecule has 22 heavy (non-hydrogen) atoms. The van der Waals surface area contributed by atoms with E-state index in [9.17, 15) is 31.1 Å². The van der Waals surface area contributed by atoms with E-state index in [-0.39, 0.29) is 18.4 Å². The Morgan fingerprint density at radius 1 is 1.18 bits per heavy atom. The summed E-state index contributed by atoms with van der Waals surface area (Å²) in [6, 6.07) is 3.09. The summed E-state index contributed by atoms with van der Waals surface area (Å²) in [6.45, 7) is 0. The fourth-order valence-corrected chi connectivity index (χ4v) is 2.28. The Morgan fingerprint density at radius 3 is 2.32 bits per heavy atom. The molecular weight excluding hydrogens is 338 g/mol. The van der Waals surface area contributed by atoms with Crippen molar-refractivity contribution in [1.29, 1.82) is 0 Å². The van der Waals surface area contributed by atoms with Gasteiger partial charge >= 0.3 is 17.8 Å². The molecular formula is C12H10F6O3S. The minimum Gasteiger partial charge on any atom is -0.469 e. The fourth-order valence-electron chi connectivity index (χ4n) is 1.53. The number of halogens is 6. The number of carbonyl (C=O) groups is 1. The third-order valence-electron chi connectivity index (χ3n) is 2.33. The summed E-state index contributed by atoms with van der Waals surface area (Å²) in [5.41, 5.74) is -4.89. The first-order chi connectivity index (χ1) is 10.0. The molecule has 0 fully saturated rings. The number of ether oxygens (including phenoxy) is 2. The Morgan fingerprint density at radius 2 is 1.82 bits per heavy atom. The number of benzene rings is 1. The molecule has 0 aliphatic heterocycles. The van der Waals surface area contributed by atoms with E-state index < -0.39 is 40.2 Å². The van der Waals surface area contributed by atoms with Gasteiger partial charge in [0.2, 0.25) is 0 Å². The Hall–Kier alpha value is -1.58. The van der Waals surface area contributed by atoms with Gasteiger partial charge in [0.25, 0.3) is 0 Å². The third-order valence-corrected chi connectivity index (χ3v) is 3.23. The van der Waals surface area contributed by atoms with Crippen LogP contribution in [0.2, 0.25) is 0 Å². The molecule has 0 spiro atoms. The van der Waals surface area contributed by atoms with Crippen LogP contribution >= 0.6 is 11.8 Å². The average Bonchev–Trinajstić information content (AvgIpc) is 2.35. The highest BCUT2D eigenvalue weighted by Crippen LogP contribution is 2.44. The molecule has 0 bridgehead atoms. The first-order valence-electron chi connectivity index (χ1n) is 5.72. The predicted octanol–water partition coefficient (Wildman–Crippen LogP) is 4.30. The van der Waals surface area contributed by atoms with E-state index in [0.29, 0.717) is 0 Å². The van der Waals surface area contributed by atoms with Crippen molar-refractivity contribution in [3.63, 3.8) is 0 Å². The Balaban J connectivity index is 3.13. The van der Waals surface area contributed by atoms with Crippen molar-refractivity contribution in [3.05, 3.63) is 23.8 Å². The minimum absolute atomic E-state index is 0.0884. The number of alkyl halides is 6. The summed E-state index contributed by atoms with van der Waals surface area (Å²) in [7, 11) is 1.09. The van der Waals surface area contributed by atoms with E-state index >= 15 is 0 Å². The van der Waals surface area contributed by atoms with E-state index in [4.69, 9.17) is 0 Å². The second-order valence-corrected chi connectivity index (χ2v) is 4.99. The van der Waals surface area contributed by atoms with Gasteiger partial charge < -0.3 is 9.47 Å². The maximum atomic E-state index is 12.5. The maximum absolute atomic E-state index is 12.5. The lowest BCUT2D eigenvalue weighted by Crippen LogP contribution is -2.18. The first-order valence-corrected chi connectivity index (χ1v) is 6.53. The van der Waals surface area contributed by atoms with Crippen LogP contribution in [0.1, 0.15) is 12.0 Å². The average molecular weight is 348 g/mol. The van der Waals surface area contributed by atoms with Crippen LogP contribution in [0.15, 0.2) is 23.1 Å². The molecule has 1 aromatic carbocycles. The zero-order valence-electron chi connectivity index (χ0n) is 11.0. The standard InChI is InChI=1S/C12H10F6O3S/c1-20-9(19)6-5-7-3-2-4-8(21-11(13,14)15)10(7)22-12(16,17)18/h2-4H,5-6H2,1H3. The molecule has 0 aliphatic carbocycles. The summed E-state index contributed by atoms with van der Waals surface area (Å²) in [4.78, 5) is 10.3. The van der Waals surface area contributed by atoms with Crippen LogP contribution in [0.5, 0.6) is 5.75 Å². The van der Waals surface area contributed by atoms with Crippen LogP contribution in [0.25, 0.3) is 0 Å².